The van der Waals surface area contributed by atoms with Crippen molar-refractivity contribution in [2.75, 3.05) is 11.9 Å². The Kier molecular flexibility index (Phi) is 5.08. The lowest BCUT2D eigenvalue weighted by Crippen LogP contribution is -2.86. The number of nitrogens with two attached hydrogens (primary N) is 2. The summed E-state index contributed by atoms with van der Waals surface area (Å²) in [5, 5.41) is 6.91. The Morgan fingerprint density at radius 2 is 2.00 bits per heavy atom. The van der Waals surface area contributed by atoms with E-state index in [1.165, 1.54) is 16.9 Å². The summed E-state index contributed by atoms with van der Waals surface area (Å²) in [6.07, 6.45) is 0. The fraction of sp³-hybridized carbons (Fsp3) is 0.200. The Morgan fingerprint density at radius 3 is 2.67 bits per heavy atom. The molecule has 0 aliphatic rings. The van der Waals surface area contributed by atoms with Crippen molar-refractivity contribution in [2.24, 2.45) is 5.73 Å². The zero-order valence-corrected chi connectivity index (χ0v) is 12.5. The van der Waals surface area contributed by atoms with Gasteiger partial charge in [0.15, 0.2) is 6.54 Å². The summed E-state index contributed by atoms with van der Waals surface area (Å²) in [5.41, 5.74) is 6.76. The minimum atomic E-state index is -0.534. The summed E-state index contributed by atoms with van der Waals surface area (Å²) < 4.78 is 0. The Labute approximate surface area is 127 Å². The zero-order chi connectivity index (χ0) is 15.2. The van der Waals surface area contributed by atoms with Crippen LogP contribution in [0.15, 0.2) is 41.8 Å². The molecule has 1 aromatic heterocycles. The average Bonchev–Trinajstić information content (AvgIpc) is 2.94. The van der Waals surface area contributed by atoms with Gasteiger partial charge in [0.05, 0.1) is 5.56 Å². The fourth-order valence-corrected chi connectivity index (χ4v) is 2.76. The van der Waals surface area contributed by atoms with Gasteiger partial charge in [-0.1, -0.05) is 30.3 Å². The molecule has 5 N–H and O–H groups in total. The molecule has 5 nitrogen and oxygen atoms in total. The van der Waals surface area contributed by atoms with Gasteiger partial charge < -0.3 is 16.4 Å². The van der Waals surface area contributed by atoms with Crippen molar-refractivity contribution in [1.82, 2.24) is 0 Å². The summed E-state index contributed by atoms with van der Waals surface area (Å²) >= 11 is 1.29. The number of anilines is 1. The van der Waals surface area contributed by atoms with Crippen molar-refractivity contribution in [3.05, 3.63) is 52.9 Å². The van der Waals surface area contributed by atoms with Crippen LogP contribution >= 0.6 is 11.3 Å². The molecule has 0 spiro atoms. The van der Waals surface area contributed by atoms with Crippen molar-refractivity contribution in [1.29, 1.82) is 0 Å². The molecule has 0 aliphatic carbocycles. The Hall–Kier alpha value is -2.18. The van der Waals surface area contributed by atoms with Crippen LogP contribution in [-0.2, 0) is 4.79 Å². The smallest absolute Gasteiger partial charge is 0.280 e. The maximum absolute atomic E-state index is 11.9. The van der Waals surface area contributed by atoms with Crippen LogP contribution in [0.2, 0.25) is 0 Å². The maximum Gasteiger partial charge on any atom is 0.280 e. The van der Waals surface area contributed by atoms with Crippen molar-refractivity contribution in [2.45, 2.75) is 13.0 Å². The first-order chi connectivity index (χ1) is 10.1. The molecule has 1 heterocycles. The first-order valence-electron chi connectivity index (χ1n) is 6.63. The molecule has 21 heavy (non-hydrogen) atoms. The van der Waals surface area contributed by atoms with Gasteiger partial charge in [-0.3, -0.25) is 9.59 Å². The number of carbonyl (C=O) groups excluding carboxylic acids is 2. The van der Waals surface area contributed by atoms with Gasteiger partial charge in [0, 0.05) is 5.56 Å². The van der Waals surface area contributed by atoms with Crippen molar-refractivity contribution in [3.8, 4) is 0 Å². The number of benzene rings is 1. The number of quaternary nitrogens is 1. The van der Waals surface area contributed by atoms with E-state index in [-0.39, 0.29) is 18.5 Å². The first kappa shape index (κ1) is 15.2. The Balaban J connectivity index is 1.88. The standard InChI is InChI=1S/C15H17N3O2S/c1-10(11-5-3-2-4-6-11)17-9-13(19)18-15-12(14(16)20)7-8-21-15/h2-8,10,17H,9H2,1H3,(H2,16,20)(H,18,19)/p+1/t10-/m1/s1. The molecule has 2 rings (SSSR count). The van der Waals surface area contributed by atoms with Crippen molar-refractivity contribution in [3.63, 3.8) is 0 Å². The van der Waals surface area contributed by atoms with Gasteiger partial charge in [-0.05, 0) is 18.4 Å². The second kappa shape index (κ2) is 7.01. The van der Waals surface area contributed by atoms with E-state index in [1.807, 2.05) is 42.6 Å². The van der Waals surface area contributed by atoms with E-state index in [9.17, 15) is 9.59 Å². The van der Waals surface area contributed by atoms with Crippen LogP contribution in [0, 0.1) is 0 Å². The molecule has 2 aromatic rings. The third kappa shape index (κ3) is 4.14. The summed E-state index contributed by atoms with van der Waals surface area (Å²) in [6, 6.07) is 11.8. The fourth-order valence-electron chi connectivity index (χ4n) is 1.95. The minimum Gasteiger partial charge on any atom is -0.366 e. The summed E-state index contributed by atoms with van der Waals surface area (Å²) in [6.45, 7) is 2.33. The van der Waals surface area contributed by atoms with E-state index in [0.717, 1.165) is 0 Å². The van der Waals surface area contributed by atoms with Gasteiger partial charge >= 0.3 is 0 Å². The molecule has 0 fully saturated rings. The van der Waals surface area contributed by atoms with E-state index in [1.54, 1.807) is 11.4 Å². The third-order valence-corrected chi connectivity index (χ3v) is 4.00. The molecule has 0 saturated heterocycles. The molecule has 0 bridgehead atoms. The molecule has 0 saturated carbocycles. The molecule has 0 unspecified atom stereocenters. The van der Waals surface area contributed by atoms with E-state index in [0.29, 0.717) is 10.6 Å². The molecule has 0 radical (unpaired) electrons. The summed E-state index contributed by atoms with van der Waals surface area (Å²) in [4.78, 5) is 23.1. The van der Waals surface area contributed by atoms with Crippen molar-refractivity contribution < 1.29 is 14.9 Å². The van der Waals surface area contributed by atoms with E-state index in [4.69, 9.17) is 5.73 Å². The monoisotopic (exact) mass is 304 g/mol. The minimum absolute atomic E-state index is 0.150. The quantitative estimate of drug-likeness (QED) is 0.746. The molecule has 1 atom stereocenters. The number of carbonyl (C=O) groups is 2. The summed E-state index contributed by atoms with van der Waals surface area (Å²) in [5.74, 6) is -0.684. The van der Waals surface area contributed by atoms with E-state index in [2.05, 4.69) is 5.32 Å². The molecule has 0 aliphatic heterocycles. The van der Waals surface area contributed by atoms with Crippen LogP contribution in [0.25, 0.3) is 0 Å². The van der Waals surface area contributed by atoms with Crippen molar-refractivity contribution >= 4 is 28.2 Å². The highest BCUT2D eigenvalue weighted by molar-refractivity contribution is 7.14. The number of amides is 2. The normalized spacial score (nSPS) is 11.9. The second-order valence-electron chi connectivity index (χ2n) is 4.72. The maximum atomic E-state index is 11.9. The lowest BCUT2D eigenvalue weighted by molar-refractivity contribution is -0.682. The highest BCUT2D eigenvalue weighted by atomic mass is 32.1. The van der Waals surface area contributed by atoms with E-state index >= 15 is 0 Å². The van der Waals surface area contributed by atoms with Gasteiger partial charge in [-0.15, -0.1) is 11.3 Å². The highest BCUT2D eigenvalue weighted by Gasteiger charge is 2.15. The van der Waals surface area contributed by atoms with Gasteiger partial charge in [-0.2, -0.15) is 0 Å². The SMILES string of the molecule is C[C@@H]([NH2+]CC(=O)Nc1sccc1C(N)=O)c1ccccc1. The summed E-state index contributed by atoms with van der Waals surface area (Å²) in [7, 11) is 0. The lowest BCUT2D eigenvalue weighted by Gasteiger charge is -2.10. The second-order valence-corrected chi connectivity index (χ2v) is 5.63. The van der Waals surface area contributed by atoms with Crippen LogP contribution in [0.3, 0.4) is 0 Å². The molecule has 6 heteroatoms. The largest absolute Gasteiger partial charge is 0.366 e. The number of hydrogen-bond donors (Lipinski definition) is 3. The van der Waals surface area contributed by atoms with Crippen LogP contribution in [0.1, 0.15) is 28.9 Å². The number of thiophene rings is 1. The predicted octanol–water partition coefficient (Wildman–Crippen LogP) is 1.11. The number of nitrogens with one attached hydrogen (secondary N) is 1. The van der Waals surface area contributed by atoms with Crippen LogP contribution in [-0.4, -0.2) is 18.4 Å². The van der Waals surface area contributed by atoms with Gasteiger partial charge in [0.25, 0.3) is 11.8 Å². The first-order valence-corrected chi connectivity index (χ1v) is 7.51. The van der Waals surface area contributed by atoms with Crippen LogP contribution < -0.4 is 16.4 Å². The van der Waals surface area contributed by atoms with Crippen LogP contribution in [0.5, 0.6) is 0 Å². The predicted molar refractivity (Wildman–Crippen MR) is 83.1 cm³/mol. The molecule has 2 amide bonds. The molecular weight excluding hydrogens is 286 g/mol. The lowest BCUT2D eigenvalue weighted by atomic mass is 10.1. The Bertz CT molecular complexity index is 625. The highest BCUT2D eigenvalue weighted by Crippen LogP contribution is 2.22. The number of rotatable bonds is 6. The molecule has 110 valence electrons. The third-order valence-electron chi connectivity index (χ3n) is 3.17. The Morgan fingerprint density at radius 1 is 1.29 bits per heavy atom. The van der Waals surface area contributed by atoms with Gasteiger partial charge in [0.2, 0.25) is 0 Å². The zero-order valence-electron chi connectivity index (χ0n) is 11.7. The van der Waals surface area contributed by atoms with Gasteiger partial charge in [0.1, 0.15) is 11.0 Å². The average molecular weight is 304 g/mol. The molecule has 1 aromatic carbocycles. The number of hydrogen-bond acceptors (Lipinski definition) is 3. The topological polar surface area (TPSA) is 88.8 Å². The molecular formula is C15H18N3O2S+. The van der Waals surface area contributed by atoms with Crippen LogP contribution in [0.4, 0.5) is 5.00 Å². The number of primary amides is 1. The van der Waals surface area contributed by atoms with E-state index < -0.39 is 5.91 Å². The van der Waals surface area contributed by atoms with Gasteiger partial charge in [-0.25, -0.2) is 0 Å².